The molecule has 152 valence electrons. The van der Waals surface area contributed by atoms with Gasteiger partial charge in [-0.1, -0.05) is 26.0 Å². The zero-order valence-corrected chi connectivity index (χ0v) is 17.0. The molecule has 3 aromatic rings. The van der Waals surface area contributed by atoms with Crippen LogP contribution in [-0.2, 0) is 17.8 Å². The van der Waals surface area contributed by atoms with Crippen LogP contribution in [0.4, 0.5) is 5.69 Å². The number of carbonyl (C=O) groups is 2. The molecule has 8 heteroatoms. The van der Waals surface area contributed by atoms with E-state index in [0.29, 0.717) is 17.3 Å². The van der Waals surface area contributed by atoms with Crippen molar-refractivity contribution >= 4 is 17.6 Å². The normalized spacial score (nSPS) is 11.1. The number of amides is 1. The number of aryl methyl sites for hydroxylation is 1. The van der Waals surface area contributed by atoms with Crippen LogP contribution in [0.3, 0.4) is 0 Å². The van der Waals surface area contributed by atoms with Crippen LogP contribution >= 0.6 is 0 Å². The molecular weight excluding hydrogens is 370 g/mol. The van der Waals surface area contributed by atoms with E-state index < -0.39 is 5.97 Å². The van der Waals surface area contributed by atoms with Crippen molar-refractivity contribution in [3.8, 4) is 5.69 Å². The summed E-state index contributed by atoms with van der Waals surface area (Å²) in [6, 6.07) is 8.55. The molecule has 29 heavy (non-hydrogen) atoms. The van der Waals surface area contributed by atoms with Gasteiger partial charge in [0, 0.05) is 24.0 Å². The van der Waals surface area contributed by atoms with Gasteiger partial charge in [-0.05, 0) is 38.0 Å². The minimum atomic E-state index is -1.10. The van der Waals surface area contributed by atoms with Gasteiger partial charge >= 0.3 is 5.97 Å². The van der Waals surface area contributed by atoms with Crippen molar-refractivity contribution in [2.24, 2.45) is 5.92 Å². The lowest BCUT2D eigenvalue weighted by Gasteiger charge is -2.11. The molecule has 0 aliphatic heterocycles. The molecule has 0 saturated carbocycles. The van der Waals surface area contributed by atoms with Crippen molar-refractivity contribution in [3.63, 3.8) is 0 Å². The highest BCUT2D eigenvalue weighted by Gasteiger charge is 2.17. The molecule has 8 nitrogen and oxygen atoms in total. The number of aromatic carboxylic acids is 1. The summed E-state index contributed by atoms with van der Waals surface area (Å²) in [6.07, 6.45) is 1.77. The lowest BCUT2D eigenvalue weighted by Crippen LogP contribution is -2.17. The maximum atomic E-state index is 12.7. The van der Waals surface area contributed by atoms with Crippen LogP contribution < -0.4 is 5.32 Å². The first-order valence-electron chi connectivity index (χ1n) is 9.47. The van der Waals surface area contributed by atoms with Crippen molar-refractivity contribution < 1.29 is 14.7 Å². The number of anilines is 1. The quantitative estimate of drug-likeness (QED) is 0.639. The second-order valence-corrected chi connectivity index (χ2v) is 7.42. The summed E-state index contributed by atoms with van der Waals surface area (Å²) in [4.78, 5) is 23.8. The van der Waals surface area contributed by atoms with Crippen LogP contribution in [0.2, 0.25) is 0 Å². The van der Waals surface area contributed by atoms with Crippen molar-refractivity contribution in [1.82, 2.24) is 19.6 Å². The maximum absolute atomic E-state index is 12.7. The van der Waals surface area contributed by atoms with E-state index >= 15 is 0 Å². The Balaban J connectivity index is 1.80. The van der Waals surface area contributed by atoms with Gasteiger partial charge < -0.3 is 10.4 Å². The Morgan fingerprint density at radius 1 is 1.14 bits per heavy atom. The van der Waals surface area contributed by atoms with Crippen LogP contribution in [0.25, 0.3) is 5.69 Å². The number of aromatic nitrogens is 4. The SMILES string of the molecule is Cc1nn(CC(C)C)c(C)c1CC(=O)Nc1ccccc1-n1ccc(C(=O)O)n1. The average Bonchev–Trinajstić information content (AvgIpc) is 3.23. The molecule has 0 aliphatic carbocycles. The van der Waals surface area contributed by atoms with Gasteiger partial charge in [-0.2, -0.15) is 10.2 Å². The summed E-state index contributed by atoms with van der Waals surface area (Å²) >= 11 is 0. The van der Waals surface area contributed by atoms with E-state index in [1.54, 1.807) is 30.5 Å². The number of carboxylic acid groups (broad SMARTS) is 1. The summed E-state index contributed by atoms with van der Waals surface area (Å²) in [5.74, 6) is -0.806. The molecule has 2 N–H and O–H groups in total. The van der Waals surface area contributed by atoms with Gasteiger partial charge in [0.25, 0.3) is 0 Å². The van der Waals surface area contributed by atoms with Crippen molar-refractivity contribution in [1.29, 1.82) is 0 Å². The largest absolute Gasteiger partial charge is 0.476 e. The van der Waals surface area contributed by atoms with E-state index in [4.69, 9.17) is 5.11 Å². The number of rotatable bonds is 7. The summed E-state index contributed by atoms with van der Waals surface area (Å²) in [5, 5.41) is 20.6. The van der Waals surface area contributed by atoms with E-state index in [-0.39, 0.29) is 18.0 Å². The Labute approximate surface area is 169 Å². The maximum Gasteiger partial charge on any atom is 0.356 e. The smallest absolute Gasteiger partial charge is 0.356 e. The van der Waals surface area contributed by atoms with E-state index in [0.717, 1.165) is 23.5 Å². The first kappa shape index (κ1) is 20.3. The zero-order chi connectivity index (χ0) is 21.1. The second-order valence-electron chi connectivity index (χ2n) is 7.42. The fraction of sp³-hybridized carbons (Fsp3) is 0.333. The molecule has 0 radical (unpaired) electrons. The second kappa shape index (κ2) is 8.30. The van der Waals surface area contributed by atoms with Gasteiger partial charge in [-0.3, -0.25) is 9.48 Å². The number of hydrogen-bond donors (Lipinski definition) is 2. The van der Waals surface area contributed by atoms with Gasteiger partial charge in [0.2, 0.25) is 5.91 Å². The summed E-state index contributed by atoms with van der Waals surface area (Å²) < 4.78 is 3.39. The van der Waals surface area contributed by atoms with Crippen LogP contribution in [-0.4, -0.2) is 36.5 Å². The zero-order valence-electron chi connectivity index (χ0n) is 17.0. The summed E-state index contributed by atoms with van der Waals surface area (Å²) in [7, 11) is 0. The predicted molar refractivity (Wildman–Crippen MR) is 109 cm³/mol. The summed E-state index contributed by atoms with van der Waals surface area (Å²) in [5.41, 5.74) is 3.87. The molecular formula is C21H25N5O3. The molecule has 1 aromatic carbocycles. The number of hydrogen-bond acceptors (Lipinski definition) is 4. The first-order valence-corrected chi connectivity index (χ1v) is 9.47. The fourth-order valence-corrected chi connectivity index (χ4v) is 3.22. The van der Waals surface area contributed by atoms with E-state index in [9.17, 15) is 9.59 Å². The van der Waals surface area contributed by atoms with Crippen LogP contribution in [0.1, 0.15) is 41.3 Å². The number of benzene rings is 1. The van der Waals surface area contributed by atoms with Gasteiger partial charge in [0.1, 0.15) is 0 Å². The molecule has 0 spiro atoms. The van der Waals surface area contributed by atoms with E-state index in [1.165, 1.54) is 10.7 Å². The highest BCUT2D eigenvalue weighted by molar-refractivity contribution is 5.94. The Morgan fingerprint density at radius 3 is 2.52 bits per heavy atom. The number of nitrogens with zero attached hydrogens (tertiary/aromatic N) is 4. The minimum absolute atomic E-state index is 0.0602. The molecule has 1 amide bonds. The van der Waals surface area contributed by atoms with Crippen LogP contribution in [0.15, 0.2) is 36.5 Å². The van der Waals surface area contributed by atoms with Gasteiger partial charge in [-0.25, -0.2) is 9.48 Å². The monoisotopic (exact) mass is 395 g/mol. The number of para-hydroxylation sites is 2. The Bertz CT molecular complexity index is 1050. The molecule has 0 bridgehead atoms. The molecule has 2 heterocycles. The van der Waals surface area contributed by atoms with Gasteiger partial charge in [-0.15, -0.1) is 0 Å². The van der Waals surface area contributed by atoms with Gasteiger partial charge in [0.05, 0.1) is 23.5 Å². The Kier molecular flexibility index (Phi) is 5.81. The molecule has 0 atom stereocenters. The Hall–Kier alpha value is -3.42. The highest BCUT2D eigenvalue weighted by Crippen LogP contribution is 2.21. The Morgan fingerprint density at radius 2 is 1.86 bits per heavy atom. The predicted octanol–water partition coefficient (Wildman–Crippen LogP) is 3.22. The van der Waals surface area contributed by atoms with E-state index in [1.807, 2.05) is 18.5 Å². The lowest BCUT2D eigenvalue weighted by molar-refractivity contribution is -0.115. The van der Waals surface area contributed by atoms with Crippen molar-refractivity contribution in [3.05, 3.63) is 59.2 Å². The lowest BCUT2D eigenvalue weighted by atomic mass is 10.1. The molecule has 0 unspecified atom stereocenters. The van der Waals surface area contributed by atoms with Crippen molar-refractivity contribution in [2.75, 3.05) is 5.32 Å². The molecule has 0 fully saturated rings. The molecule has 3 rings (SSSR count). The summed E-state index contributed by atoms with van der Waals surface area (Å²) in [6.45, 7) is 8.96. The number of carboxylic acids is 1. The topological polar surface area (TPSA) is 102 Å². The third-order valence-corrected chi connectivity index (χ3v) is 4.64. The average molecular weight is 395 g/mol. The minimum Gasteiger partial charge on any atom is -0.476 e. The molecule has 2 aromatic heterocycles. The third kappa shape index (κ3) is 4.53. The number of carbonyl (C=O) groups excluding carboxylic acids is 1. The van der Waals surface area contributed by atoms with Crippen LogP contribution in [0, 0.1) is 19.8 Å². The number of nitrogens with one attached hydrogen (secondary N) is 1. The molecule has 0 aliphatic rings. The van der Waals surface area contributed by atoms with Gasteiger partial charge in [0.15, 0.2) is 5.69 Å². The van der Waals surface area contributed by atoms with E-state index in [2.05, 4.69) is 29.4 Å². The highest BCUT2D eigenvalue weighted by atomic mass is 16.4. The molecule has 0 saturated heterocycles. The fourth-order valence-electron chi connectivity index (χ4n) is 3.22. The van der Waals surface area contributed by atoms with Crippen LogP contribution in [0.5, 0.6) is 0 Å². The standard InChI is InChI=1S/C21H25N5O3/c1-13(2)12-26-15(4)16(14(3)23-26)11-20(27)22-17-7-5-6-8-19(17)25-10-9-18(24-25)21(28)29/h5-10,13H,11-12H2,1-4H3,(H,22,27)(H,28,29). The van der Waals surface area contributed by atoms with Crippen molar-refractivity contribution in [2.45, 2.75) is 40.7 Å². The third-order valence-electron chi connectivity index (χ3n) is 4.64. The first-order chi connectivity index (χ1) is 13.8.